The maximum absolute atomic E-state index is 5.92. The minimum absolute atomic E-state index is 0. The highest BCUT2D eigenvalue weighted by atomic mass is 127. The molecule has 2 saturated heterocycles. The zero-order chi connectivity index (χ0) is 17.1. The minimum Gasteiger partial charge on any atom is -0.373 e. The van der Waals surface area contributed by atoms with Crippen LogP contribution in [0.5, 0.6) is 0 Å². The smallest absolute Gasteiger partial charge is 0.191 e. The standard InChI is InChI=1S/C19H24N4OS.HI/c1-2-20-19(23-15-10-14-8-9-17(15)24-14)21-11-18-22-16(12-25-18)13-6-4-3-5-7-13;/h3-7,12,14-15,17H,2,8-11H2,1H3,(H2,20,21,23);1H. The van der Waals surface area contributed by atoms with Crippen LogP contribution >= 0.6 is 35.3 Å². The van der Waals surface area contributed by atoms with Gasteiger partial charge in [-0.2, -0.15) is 0 Å². The van der Waals surface area contributed by atoms with E-state index >= 15 is 0 Å². The van der Waals surface area contributed by atoms with E-state index in [0.29, 0.717) is 24.8 Å². The van der Waals surface area contributed by atoms with E-state index in [2.05, 4.69) is 35.1 Å². The molecule has 7 heteroatoms. The molecular weight excluding hydrogens is 459 g/mol. The van der Waals surface area contributed by atoms with Gasteiger partial charge in [-0.25, -0.2) is 9.98 Å². The Balaban J connectivity index is 0.00000196. The number of rotatable bonds is 5. The summed E-state index contributed by atoms with van der Waals surface area (Å²) in [7, 11) is 0. The Kier molecular flexibility index (Phi) is 6.88. The number of aliphatic imine (C=N–C) groups is 1. The number of aromatic nitrogens is 1. The van der Waals surface area contributed by atoms with Crippen molar-refractivity contribution in [3.05, 3.63) is 40.7 Å². The predicted molar refractivity (Wildman–Crippen MR) is 117 cm³/mol. The molecule has 4 rings (SSSR count). The van der Waals surface area contributed by atoms with Crippen LogP contribution in [0.2, 0.25) is 0 Å². The van der Waals surface area contributed by atoms with Crippen molar-refractivity contribution in [1.29, 1.82) is 0 Å². The average molecular weight is 484 g/mol. The molecule has 0 radical (unpaired) electrons. The van der Waals surface area contributed by atoms with Crippen molar-refractivity contribution >= 4 is 41.3 Å². The molecule has 2 aliphatic rings. The Morgan fingerprint density at radius 3 is 2.85 bits per heavy atom. The van der Waals surface area contributed by atoms with Gasteiger partial charge in [-0.05, 0) is 26.2 Å². The zero-order valence-corrected chi connectivity index (χ0v) is 18.0. The first-order chi connectivity index (χ1) is 12.3. The molecule has 3 atom stereocenters. The van der Waals surface area contributed by atoms with Gasteiger partial charge in [0.25, 0.3) is 0 Å². The summed E-state index contributed by atoms with van der Waals surface area (Å²) in [5, 5.41) is 10.0. The highest BCUT2D eigenvalue weighted by Crippen LogP contribution is 2.34. The number of halogens is 1. The van der Waals surface area contributed by atoms with Crippen molar-refractivity contribution in [2.75, 3.05) is 6.54 Å². The number of thiazole rings is 1. The molecule has 140 valence electrons. The number of nitrogens with zero attached hydrogens (tertiary/aromatic N) is 2. The van der Waals surface area contributed by atoms with Gasteiger partial charge in [0.15, 0.2) is 5.96 Å². The van der Waals surface area contributed by atoms with E-state index in [4.69, 9.17) is 14.7 Å². The highest BCUT2D eigenvalue weighted by Gasteiger charge is 2.41. The minimum atomic E-state index is 0. The summed E-state index contributed by atoms with van der Waals surface area (Å²) >= 11 is 1.66. The fourth-order valence-corrected chi connectivity index (χ4v) is 4.28. The van der Waals surface area contributed by atoms with Gasteiger partial charge in [0.1, 0.15) is 5.01 Å². The number of benzene rings is 1. The summed E-state index contributed by atoms with van der Waals surface area (Å²) < 4.78 is 5.92. The SMILES string of the molecule is CCNC(=NCc1nc(-c2ccccc2)cs1)NC1CC2CCC1O2.I. The van der Waals surface area contributed by atoms with Gasteiger partial charge in [0.2, 0.25) is 0 Å². The first kappa shape index (κ1) is 19.6. The Labute approximate surface area is 175 Å². The lowest BCUT2D eigenvalue weighted by molar-refractivity contribution is 0.0992. The van der Waals surface area contributed by atoms with Gasteiger partial charge in [0, 0.05) is 17.5 Å². The summed E-state index contributed by atoms with van der Waals surface area (Å²) in [6.07, 6.45) is 4.24. The van der Waals surface area contributed by atoms with E-state index in [1.807, 2.05) is 18.2 Å². The number of hydrogen-bond donors (Lipinski definition) is 2. The fourth-order valence-electron chi connectivity index (χ4n) is 3.56. The molecule has 1 aromatic heterocycles. The second-order valence-corrected chi connectivity index (χ2v) is 7.49. The lowest BCUT2D eigenvalue weighted by Crippen LogP contribution is -2.47. The van der Waals surface area contributed by atoms with Crippen LogP contribution in [-0.2, 0) is 11.3 Å². The third kappa shape index (κ3) is 4.55. The summed E-state index contributed by atoms with van der Waals surface area (Å²) in [6.45, 7) is 3.53. The number of guanidine groups is 1. The molecule has 0 spiro atoms. The Bertz CT molecular complexity index is 736. The molecule has 1 aromatic carbocycles. The molecule has 26 heavy (non-hydrogen) atoms. The molecule has 2 aliphatic heterocycles. The largest absolute Gasteiger partial charge is 0.373 e. The van der Waals surface area contributed by atoms with Crippen LogP contribution < -0.4 is 10.6 Å². The van der Waals surface area contributed by atoms with Crippen LogP contribution in [0.3, 0.4) is 0 Å². The number of hydrogen-bond acceptors (Lipinski definition) is 4. The van der Waals surface area contributed by atoms with Crippen molar-refractivity contribution in [3.8, 4) is 11.3 Å². The van der Waals surface area contributed by atoms with Crippen LogP contribution in [0, 0.1) is 0 Å². The van der Waals surface area contributed by atoms with E-state index in [1.54, 1.807) is 11.3 Å². The molecule has 2 fully saturated rings. The third-order valence-corrected chi connectivity index (χ3v) is 5.60. The summed E-state index contributed by atoms with van der Waals surface area (Å²) in [6, 6.07) is 10.7. The first-order valence-corrected chi connectivity index (χ1v) is 9.90. The first-order valence-electron chi connectivity index (χ1n) is 9.02. The predicted octanol–water partition coefficient (Wildman–Crippen LogP) is 3.80. The van der Waals surface area contributed by atoms with Crippen molar-refractivity contribution in [2.24, 2.45) is 4.99 Å². The Morgan fingerprint density at radius 2 is 2.15 bits per heavy atom. The van der Waals surface area contributed by atoms with Gasteiger partial charge < -0.3 is 15.4 Å². The van der Waals surface area contributed by atoms with Gasteiger partial charge in [-0.15, -0.1) is 35.3 Å². The molecule has 0 aliphatic carbocycles. The maximum Gasteiger partial charge on any atom is 0.191 e. The molecule has 3 unspecified atom stereocenters. The molecule has 2 N–H and O–H groups in total. The Hall–Kier alpha value is -1.19. The summed E-state index contributed by atoms with van der Waals surface area (Å²) in [4.78, 5) is 9.44. The maximum atomic E-state index is 5.92. The van der Waals surface area contributed by atoms with E-state index < -0.39 is 0 Å². The molecule has 2 aromatic rings. The fraction of sp³-hybridized carbons (Fsp3) is 0.474. The third-order valence-electron chi connectivity index (χ3n) is 4.77. The van der Waals surface area contributed by atoms with Crippen LogP contribution in [0.1, 0.15) is 31.2 Å². The number of nitrogens with one attached hydrogen (secondary N) is 2. The van der Waals surface area contributed by atoms with Crippen LogP contribution in [0.15, 0.2) is 40.7 Å². The van der Waals surface area contributed by atoms with E-state index in [1.165, 1.54) is 6.42 Å². The summed E-state index contributed by atoms with van der Waals surface area (Å²) in [5.41, 5.74) is 2.17. The topological polar surface area (TPSA) is 58.5 Å². The van der Waals surface area contributed by atoms with Crippen molar-refractivity contribution in [3.63, 3.8) is 0 Å². The normalized spacial score (nSPS) is 24.3. The lowest BCUT2D eigenvalue weighted by Gasteiger charge is -2.22. The average Bonchev–Trinajstić information content (AvgIpc) is 3.37. The number of ether oxygens (including phenoxy) is 1. The second-order valence-electron chi connectivity index (χ2n) is 6.55. The molecule has 2 bridgehead atoms. The van der Waals surface area contributed by atoms with Gasteiger partial charge in [-0.3, -0.25) is 0 Å². The van der Waals surface area contributed by atoms with Crippen molar-refractivity contribution < 1.29 is 4.74 Å². The van der Waals surface area contributed by atoms with E-state index in [9.17, 15) is 0 Å². The monoisotopic (exact) mass is 484 g/mol. The van der Waals surface area contributed by atoms with Crippen molar-refractivity contribution in [1.82, 2.24) is 15.6 Å². The van der Waals surface area contributed by atoms with Crippen molar-refractivity contribution in [2.45, 2.75) is 51.0 Å². The van der Waals surface area contributed by atoms with Gasteiger partial charge in [0.05, 0.1) is 30.5 Å². The molecule has 5 nitrogen and oxygen atoms in total. The molecule has 3 heterocycles. The van der Waals surface area contributed by atoms with Crippen LogP contribution in [0.4, 0.5) is 0 Å². The molecule has 0 amide bonds. The van der Waals surface area contributed by atoms with Crippen LogP contribution in [0.25, 0.3) is 11.3 Å². The molecule has 0 saturated carbocycles. The Morgan fingerprint density at radius 1 is 1.31 bits per heavy atom. The number of fused-ring (bicyclic) bond motifs is 2. The van der Waals surface area contributed by atoms with Gasteiger partial charge >= 0.3 is 0 Å². The second kappa shape index (κ2) is 9.14. The van der Waals surface area contributed by atoms with Gasteiger partial charge in [-0.1, -0.05) is 30.3 Å². The lowest BCUT2D eigenvalue weighted by atomic mass is 9.96. The quantitative estimate of drug-likeness (QED) is 0.385. The van der Waals surface area contributed by atoms with E-state index in [-0.39, 0.29) is 24.0 Å². The van der Waals surface area contributed by atoms with E-state index in [0.717, 1.165) is 41.6 Å². The summed E-state index contributed by atoms with van der Waals surface area (Å²) in [5.74, 6) is 0.861. The molecular formula is C19H25IN4OS. The highest BCUT2D eigenvalue weighted by molar-refractivity contribution is 14.0. The zero-order valence-electron chi connectivity index (χ0n) is 14.9. The van der Waals surface area contributed by atoms with Crippen LogP contribution in [-0.4, -0.2) is 35.7 Å².